The van der Waals surface area contributed by atoms with Crippen LogP contribution < -0.4 is 0 Å². The zero-order valence-electron chi connectivity index (χ0n) is 9.99. The van der Waals surface area contributed by atoms with Crippen LogP contribution in [0.4, 0.5) is 0 Å². The summed E-state index contributed by atoms with van der Waals surface area (Å²) in [5.41, 5.74) is 0. The minimum absolute atomic E-state index is 0.272. The highest BCUT2D eigenvalue weighted by molar-refractivity contribution is 5.81. The van der Waals surface area contributed by atoms with E-state index < -0.39 is 0 Å². The van der Waals surface area contributed by atoms with Crippen LogP contribution in [0, 0.1) is 17.8 Å². The zero-order valence-corrected chi connectivity index (χ0v) is 9.99. The second kappa shape index (κ2) is 5.51. The van der Waals surface area contributed by atoms with Crippen molar-refractivity contribution >= 4 is 5.97 Å². The van der Waals surface area contributed by atoms with Gasteiger partial charge in [-0.05, 0) is 37.0 Å². The maximum Gasteiger partial charge on any atom is 0.330 e. The lowest BCUT2D eigenvalue weighted by molar-refractivity contribution is -0.139. The molecular formula is C14H22O2. The summed E-state index contributed by atoms with van der Waals surface area (Å²) in [4.78, 5) is 11.0. The predicted octanol–water partition coefficient (Wildman–Crippen LogP) is 3.32. The van der Waals surface area contributed by atoms with Crippen LogP contribution in [-0.4, -0.2) is 12.6 Å². The molecular weight excluding hydrogens is 200 g/mol. The highest BCUT2D eigenvalue weighted by atomic mass is 16.5. The van der Waals surface area contributed by atoms with Crippen molar-refractivity contribution in [2.24, 2.45) is 17.8 Å². The molecule has 0 aromatic rings. The maximum atomic E-state index is 11.0. The maximum absolute atomic E-state index is 11.0. The molecule has 2 fully saturated rings. The minimum Gasteiger partial charge on any atom is -0.462 e. The molecule has 0 aliphatic heterocycles. The highest BCUT2D eigenvalue weighted by Crippen LogP contribution is 2.42. The average Bonchev–Trinajstić information content (AvgIpc) is 2.35. The smallest absolute Gasteiger partial charge is 0.330 e. The van der Waals surface area contributed by atoms with Crippen molar-refractivity contribution in [1.82, 2.24) is 0 Å². The molecule has 0 aromatic carbocycles. The molecule has 0 saturated heterocycles. The Hall–Kier alpha value is -0.790. The highest BCUT2D eigenvalue weighted by Gasteiger charge is 2.32. The Morgan fingerprint density at radius 2 is 1.94 bits per heavy atom. The molecule has 3 atom stereocenters. The summed E-state index contributed by atoms with van der Waals surface area (Å²) in [6.07, 6.45) is 10.8. The van der Waals surface area contributed by atoms with Crippen molar-refractivity contribution < 1.29 is 9.53 Å². The van der Waals surface area contributed by atoms with Gasteiger partial charge in [-0.3, -0.25) is 0 Å². The summed E-state index contributed by atoms with van der Waals surface area (Å²) in [5.74, 6) is 2.21. The quantitative estimate of drug-likeness (QED) is 0.541. The van der Waals surface area contributed by atoms with Crippen LogP contribution >= 0.6 is 0 Å². The Labute approximate surface area is 98.1 Å². The third kappa shape index (κ3) is 2.87. The molecule has 2 rings (SSSR count). The number of fused-ring (bicyclic) bond motifs is 1. The normalized spacial score (nSPS) is 33.9. The van der Waals surface area contributed by atoms with Gasteiger partial charge < -0.3 is 4.74 Å². The summed E-state index contributed by atoms with van der Waals surface area (Å²) in [7, 11) is 0. The summed E-state index contributed by atoms with van der Waals surface area (Å²) in [5, 5.41) is 0. The summed E-state index contributed by atoms with van der Waals surface area (Å²) >= 11 is 0. The fourth-order valence-corrected chi connectivity index (χ4v) is 3.38. The second-order valence-electron chi connectivity index (χ2n) is 5.32. The first-order valence-corrected chi connectivity index (χ1v) is 6.58. The number of hydrogen-bond donors (Lipinski definition) is 0. The van der Waals surface area contributed by atoms with E-state index in [1.807, 2.05) is 0 Å². The van der Waals surface area contributed by atoms with Crippen molar-refractivity contribution in [1.29, 1.82) is 0 Å². The van der Waals surface area contributed by atoms with Gasteiger partial charge in [-0.1, -0.05) is 32.3 Å². The van der Waals surface area contributed by atoms with Crippen LogP contribution in [0.25, 0.3) is 0 Å². The van der Waals surface area contributed by atoms with Crippen molar-refractivity contribution in [3.8, 4) is 0 Å². The van der Waals surface area contributed by atoms with Crippen LogP contribution in [0.5, 0.6) is 0 Å². The predicted molar refractivity (Wildman–Crippen MR) is 63.9 cm³/mol. The van der Waals surface area contributed by atoms with Gasteiger partial charge in [0, 0.05) is 6.08 Å². The Morgan fingerprint density at radius 1 is 1.19 bits per heavy atom. The van der Waals surface area contributed by atoms with E-state index in [1.165, 1.54) is 51.0 Å². The van der Waals surface area contributed by atoms with Crippen LogP contribution in [0.3, 0.4) is 0 Å². The van der Waals surface area contributed by atoms with Gasteiger partial charge >= 0.3 is 5.97 Å². The lowest BCUT2D eigenvalue weighted by Crippen LogP contribution is -2.29. The molecule has 2 heteroatoms. The molecule has 90 valence electrons. The summed E-state index contributed by atoms with van der Waals surface area (Å²) < 4.78 is 5.15. The van der Waals surface area contributed by atoms with E-state index in [0.29, 0.717) is 12.5 Å². The van der Waals surface area contributed by atoms with Gasteiger partial charge in [0.25, 0.3) is 0 Å². The first-order valence-electron chi connectivity index (χ1n) is 6.58. The van der Waals surface area contributed by atoms with E-state index in [-0.39, 0.29) is 5.97 Å². The van der Waals surface area contributed by atoms with E-state index in [2.05, 4.69) is 6.58 Å². The van der Waals surface area contributed by atoms with Crippen molar-refractivity contribution in [3.63, 3.8) is 0 Å². The molecule has 0 heterocycles. The molecule has 3 unspecified atom stereocenters. The van der Waals surface area contributed by atoms with Crippen LogP contribution in [0.15, 0.2) is 12.7 Å². The monoisotopic (exact) mass is 222 g/mol. The van der Waals surface area contributed by atoms with Crippen molar-refractivity contribution in [2.75, 3.05) is 6.61 Å². The number of carbonyl (C=O) groups excluding carboxylic acids is 1. The van der Waals surface area contributed by atoms with Gasteiger partial charge in [-0.2, -0.15) is 0 Å². The molecule has 16 heavy (non-hydrogen) atoms. The van der Waals surface area contributed by atoms with Crippen LogP contribution in [0.1, 0.15) is 44.9 Å². The summed E-state index contributed by atoms with van der Waals surface area (Å²) in [6, 6.07) is 0. The lowest BCUT2D eigenvalue weighted by Gasteiger charge is -2.39. The average molecular weight is 222 g/mol. The minimum atomic E-state index is -0.272. The summed E-state index contributed by atoms with van der Waals surface area (Å²) in [6.45, 7) is 4.02. The molecule has 0 bridgehead atoms. The third-order valence-corrected chi connectivity index (χ3v) is 4.28. The van der Waals surface area contributed by atoms with Gasteiger partial charge in [0.2, 0.25) is 0 Å². The van der Waals surface area contributed by atoms with Crippen molar-refractivity contribution in [3.05, 3.63) is 12.7 Å². The Balaban J connectivity index is 1.76. The number of rotatable bonds is 3. The van der Waals surface area contributed by atoms with Gasteiger partial charge in [0.1, 0.15) is 0 Å². The largest absolute Gasteiger partial charge is 0.462 e. The molecule has 0 aromatic heterocycles. The first kappa shape index (κ1) is 11.7. The number of hydrogen-bond acceptors (Lipinski definition) is 2. The van der Waals surface area contributed by atoms with E-state index >= 15 is 0 Å². The molecule has 0 radical (unpaired) electrons. The third-order valence-electron chi connectivity index (χ3n) is 4.28. The lowest BCUT2D eigenvalue weighted by atomic mass is 9.68. The topological polar surface area (TPSA) is 26.3 Å². The molecule has 2 aliphatic carbocycles. The van der Waals surface area contributed by atoms with Gasteiger partial charge in [0.05, 0.1) is 6.61 Å². The Morgan fingerprint density at radius 3 is 2.69 bits per heavy atom. The molecule has 2 nitrogen and oxygen atoms in total. The van der Waals surface area contributed by atoms with Crippen LogP contribution in [0.2, 0.25) is 0 Å². The zero-order chi connectivity index (χ0) is 11.4. The number of esters is 1. The number of carbonyl (C=O) groups is 1. The fraction of sp³-hybridized carbons (Fsp3) is 0.786. The van der Waals surface area contributed by atoms with Crippen molar-refractivity contribution in [2.45, 2.75) is 44.9 Å². The molecule has 0 spiro atoms. The number of ether oxygens (including phenoxy) is 1. The van der Waals surface area contributed by atoms with E-state index in [0.717, 1.165) is 11.8 Å². The Kier molecular flexibility index (Phi) is 4.03. The Bertz CT molecular complexity index is 259. The SMILES string of the molecule is C=CC(=O)OCC1CCC2CCCCC2C1. The molecule has 2 aliphatic rings. The van der Waals surface area contributed by atoms with E-state index in [4.69, 9.17) is 4.74 Å². The van der Waals surface area contributed by atoms with Gasteiger partial charge in [-0.25, -0.2) is 4.79 Å². The first-order chi connectivity index (χ1) is 7.79. The standard InChI is InChI=1S/C14H22O2/c1-2-14(15)16-10-11-7-8-12-5-3-4-6-13(12)9-11/h2,11-13H,1,3-10H2. The van der Waals surface area contributed by atoms with E-state index in [9.17, 15) is 4.79 Å². The molecule has 2 saturated carbocycles. The molecule has 0 N–H and O–H groups in total. The van der Waals surface area contributed by atoms with E-state index in [1.54, 1.807) is 0 Å². The second-order valence-corrected chi connectivity index (χ2v) is 5.32. The van der Waals surface area contributed by atoms with Gasteiger partial charge in [-0.15, -0.1) is 0 Å². The molecule has 0 amide bonds. The van der Waals surface area contributed by atoms with Crippen LogP contribution in [-0.2, 0) is 9.53 Å². The van der Waals surface area contributed by atoms with Gasteiger partial charge in [0.15, 0.2) is 0 Å². The fourth-order valence-electron chi connectivity index (χ4n) is 3.38.